The van der Waals surface area contributed by atoms with Crippen molar-refractivity contribution in [3.05, 3.63) is 28.0 Å². The number of rotatable bonds is 5. The molecule has 3 N–H and O–H groups in total. The number of nitrogens with two attached hydrogens (primary N) is 1. The van der Waals surface area contributed by atoms with Crippen LogP contribution in [0.4, 0.5) is 4.39 Å². The standard InChI is InChI=1S/C10H13Cl2FN2O2S.ClH/c1-6(14)4-5-15-18(16,17)8-3-2-7(11)10(13)9(8)12;/h2-3,6,15H,4-5,14H2,1H3;1H. The Labute approximate surface area is 127 Å². The van der Waals surface area contributed by atoms with Crippen molar-refractivity contribution in [2.75, 3.05) is 6.54 Å². The summed E-state index contributed by atoms with van der Waals surface area (Å²) < 4.78 is 39.4. The summed E-state index contributed by atoms with van der Waals surface area (Å²) in [6.07, 6.45) is 0.465. The number of nitrogens with one attached hydrogen (secondary N) is 1. The van der Waals surface area contributed by atoms with E-state index in [1.165, 1.54) is 0 Å². The molecule has 19 heavy (non-hydrogen) atoms. The number of halogens is 4. The maximum absolute atomic E-state index is 13.4. The number of hydrogen-bond donors (Lipinski definition) is 2. The van der Waals surface area contributed by atoms with Gasteiger partial charge in [-0.05, 0) is 25.5 Å². The van der Waals surface area contributed by atoms with Crippen molar-refractivity contribution in [3.8, 4) is 0 Å². The molecule has 0 fully saturated rings. The summed E-state index contributed by atoms with van der Waals surface area (Å²) in [7, 11) is -3.86. The van der Waals surface area contributed by atoms with Gasteiger partial charge < -0.3 is 5.73 Å². The van der Waals surface area contributed by atoms with Crippen molar-refractivity contribution in [1.29, 1.82) is 0 Å². The van der Waals surface area contributed by atoms with E-state index < -0.39 is 20.9 Å². The zero-order chi connectivity index (χ0) is 13.9. The lowest BCUT2D eigenvalue weighted by Crippen LogP contribution is -2.29. The van der Waals surface area contributed by atoms with Gasteiger partial charge in [-0.2, -0.15) is 0 Å². The van der Waals surface area contributed by atoms with Crippen LogP contribution in [-0.4, -0.2) is 21.0 Å². The lowest BCUT2D eigenvalue weighted by Gasteiger charge is -2.10. The highest BCUT2D eigenvalue weighted by Gasteiger charge is 2.21. The Morgan fingerprint density at radius 2 is 2.00 bits per heavy atom. The molecule has 0 bridgehead atoms. The minimum Gasteiger partial charge on any atom is -0.328 e. The Morgan fingerprint density at radius 1 is 1.42 bits per heavy atom. The van der Waals surface area contributed by atoms with Gasteiger partial charge in [0, 0.05) is 12.6 Å². The van der Waals surface area contributed by atoms with Crippen LogP contribution in [0.3, 0.4) is 0 Å². The van der Waals surface area contributed by atoms with Crippen molar-refractivity contribution < 1.29 is 12.8 Å². The van der Waals surface area contributed by atoms with Crippen LogP contribution < -0.4 is 10.5 Å². The summed E-state index contributed by atoms with van der Waals surface area (Å²) in [6, 6.07) is 2.16. The molecule has 4 nitrogen and oxygen atoms in total. The number of sulfonamides is 1. The second-order valence-corrected chi connectivity index (χ2v) is 6.36. The van der Waals surface area contributed by atoms with Gasteiger partial charge >= 0.3 is 0 Å². The summed E-state index contributed by atoms with van der Waals surface area (Å²) in [6.45, 7) is 1.91. The largest absolute Gasteiger partial charge is 0.328 e. The lowest BCUT2D eigenvalue weighted by atomic mass is 10.3. The van der Waals surface area contributed by atoms with Gasteiger partial charge in [0.25, 0.3) is 0 Å². The van der Waals surface area contributed by atoms with Gasteiger partial charge in [-0.1, -0.05) is 23.2 Å². The summed E-state index contributed by atoms with van der Waals surface area (Å²) in [5.41, 5.74) is 5.50. The van der Waals surface area contributed by atoms with Crippen molar-refractivity contribution in [1.82, 2.24) is 4.72 Å². The molecule has 1 aromatic carbocycles. The molecule has 0 aromatic heterocycles. The van der Waals surface area contributed by atoms with Crippen molar-refractivity contribution in [2.45, 2.75) is 24.3 Å². The molecule has 0 heterocycles. The first-order chi connectivity index (χ1) is 8.25. The molecule has 1 rings (SSSR count). The summed E-state index contributed by atoms with van der Waals surface area (Å²) in [5.74, 6) is -0.951. The highest BCUT2D eigenvalue weighted by Crippen LogP contribution is 2.29. The van der Waals surface area contributed by atoms with Crippen LogP contribution in [0.15, 0.2) is 17.0 Å². The van der Waals surface area contributed by atoms with Crippen LogP contribution in [0.1, 0.15) is 13.3 Å². The van der Waals surface area contributed by atoms with Crippen LogP contribution >= 0.6 is 35.6 Å². The van der Waals surface area contributed by atoms with E-state index in [4.69, 9.17) is 28.9 Å². The van der Waals surface area contributed by atoms with Gasteiger partial charge in [0.05, 0.1) is 10.0 Å². The smallest absolute Gasteiger partial charge is 0.242 e. The third-order valence-electron chi connectivity index (χ3n) is 2.18. The predicted octanol–water partition coefficient (Wildman–Crippen LogP) is 2.57. The van der Waals surface area contributed by atoms with E-state index in [0.29, 0.717) is 6.42 Å². The van der Waals surface area contributed by atoms with Crippen LogP contribution in [-0.2, 0) is 10.0 Å². The fraction of sp³-hybridized carbons (Fsp3) is 0.400. The minimum absolute atomic E-state index is 0. The van der Waals surface area contributed by atoms with E-state index in [1.54, 1.807) is 6.92 Å². The SMILES string of the molecule is CC(N)CCNS(=O)(=O)c1ccc(Cl)c(F)c1Cl.Cl. The molecule has 1 atom stereocenters. The van der Waals surface area contributed by atoms with E-state index in [2.05, 4.69) is 4.72 Å². The minimum atomic E-state index is -3.86. The maximum atomic E-state index is 13.4. The summed E-state index contributed by atoms with van der Waals surface area (Å²) in [4.78, 5) is -0.337. The molecule has 110 valence electrons. The van der Waals surface area contributed by atoms with Crippen LogP contribution in [0.5, 0.6) is 0 Å². The van der Waals surface area contributed by atoms with Crippen molar-refractivity contribution in [2.24, 2.45) is 5.73 Å². The predicted molar refractivity (Wildman–Crippen MR) is 77.1 cm³/mol. The highest BCUT2D eigenvalue weighted by atomic mass is 35.5. The normalized spacial score (nSPS) is 12.9. The van der Waals surface area contributed by atoms with Crippen LogP contribution in [0.2, 0.25) is 10.0 Å². The van der Waals surface area contributed by atoms with E-state index in [9.17, 15) is 12.8 Å². The van der Waals surface area contributed by atoms with E-state index >= 15 is 0 Å². The van der Waals surface area contributed by atoms with Crippen molar-refractivity contribution in [3.63, 3.8) is 0 Å². The molecule has 0 amide bonds. The molecule has 1 unspecified atom stereocenters. The molecular formula is C10H14Cl3FN2O2S. The Kier molecular flexibility index (Phi) is 7.57. The first-order valence-electron chi connectivity index (χ1n) is 5.14. The molecule has 1 aromatic rings. The van der Waals surface area contributed by atoms with Gasteiger partial charge in [0.1, 0.15) is 4.90 Å². The molecule has 0 aliphatic heterocycles. The van der Waals surface area contributed by atoms with Gasteiger partial charge in [0.15, 0.2) is 5.82 Å². The van der Waals surface area contributed by atoms with Gasteiger partial charge in [0.2, 0.25) is 10.0 Å². The second kappa shape index (κ2) is 7.61. The molecule has 0 saturated carbocycles. The van der Waals surface area contributed by atoms with Gasteiger partial charge in [-0.15, -0.1) is 12.4 Å². The summed E-state index contributed by atoms with van der Waals surface area (Å²) >= 11 is 11.1. The second-order valence-electron chi connectivity index (χ2n) is 3.84. The first kappa shape index (κ1) is 18.9. The Hall–Kier alpha value is -0.110. The zero-order valence-corrected chi connectivity index (χ0v) is 13.1. The monoisotopic (exact) mass is 350 g/mol. The average Bonchev–Trinajstić information content (AvgIpc) is 2.24. The quantitative estimate of drug-likeness (QED) is 0.801. The third-order valence-corrected chi connectivity index (χ3v) is 4.46. The molecule has 9 heteroatoms. The highest BCUT2D eigenvalue weighted by molar-refractivity contribution is 7.89. The summed E-state index contributed by atoms with van der Waals surface area (Å²) in [5, 5.41) is -0.745. The van der Waals surface area contributed by atoms with E-state index in [1.807, 2.05) is 0 Å². The molecule has 0 saturated heterocycles. The van der Waals surface area contributed by atoms with Crippen LogP contribution in [0, 0.1) is 5.82 Å². The lowest BCUT2D eigenvalue weighted by molar-refractivity contribution is 0.569. The van der Waals surface area contributed by atoms with E-state index in [-0.39, 0.29) is 34.9 Å². The molecule has 0 aliphatic rings. The Balaban J connectivity index is 0.00000324. The molecule has 0 radical (unpaired) electrons. The topological polar surface area (TPSA) is 72.2 Å². The van der Waals surface area contributed by atoms with Gasteiger partial charge in [-0.25, -0.2) is 17.5 Å². The molecular weight excluding hydrogens is 338 g/mol. The fourth-order valence-electron chi connectivity index (χ4n) is 1.21. The third kappa shape index (κ3) is 5.06. The van der Waals surface area contributed by atoms with Gasteiger partial charge in [-0.3, -0.25) is 0 Å². The Morgan fingerprint density at radius 3 is 2.53 bits per heavy atom. The maximum Gasteiger partial charge on any atom is 0.242 e. The van der Waals surface area contributed by atoms with E-state index in [0.717, 1.165) is 12.1 Å². The van der Waals surface area contributed by atoms with Crippen LogP contribution in [0.25, 0.3) is 0 Å². The molecule has 0 aliphatic carbocycles. The van der Waals surface area contributed by atoms with Crippen molar-refractivity contribution >= 4 is 45.6 Å². The Bertz CT molecular complexity index is 538. The number of benzene rings is 1. The molecule has 0 spiro atoms. The first-order valence-corrected chi connectivity index (χ1v) is 7.38. The zero-order valence-electron chi connectivity index (χ0n) is 9.99. The average molecular weight is 352 g/mol. The number of hydrogen-bond acceptors (Lipinski definition) is 3. The fourth-order valence-corrected chi connectivity index (χ4v) is 3.00.